The van der Waals surface area contributed by atoms with Crippen molar-refractivity contribution in [3.05, 3.63) is 22.4 Å². The Balaban J connectivity index is 2.00. The highest BCUT2D eigenvalue weighted by molar-refractivity contribution is 7.07. The molecule has 5 heteroatoms. The fraction of sp³-hybridized carbons (Fsp3) is 0.636. The topological polar surface area (TPSA) is 35.2 Å². The van der Waals surface area contributed by atoms with Crippen LogP contribution in [0.3, 0.4) is 0 Å². The first-order valence-electron chi connectivity index (χ1n) is 5.31. The number of hydrogen-bond acceptors (Lipinski definition) is 3. The molecule has 0 saturated heterocycles. The highest BCUT2D eigenvalue weighted by Crippen LogP contribution is 2.10. The van der Waals surface area contributed by atoms with Gasteiger partial charge in [0.1, 0.15) is 6.61 Å². The molecule has 0 amide bonds. The first kappa shape index (κ1) is 13.5. The second-order valence-electron chi connectivity index (χ2n) is 3.69. The average molecular weight is 249 g/mol. The summed E-state index contributed by atoms with van der Waals surface area (Å²) >= 11 is 1.67. The molecule has 0 aliphatic carbocycles. The van der Waals surface area contributed by atoms with Crippen molar-refractivity contribution < 1.29 is 13.5 Å². The van der Waals surface area contributed by atoms with Crippen LogP contribution in [0.25, 0.3) is 0 Å². The molecule has 1 aromatic heterocycles. The van der Waals surface area contributed by atoms with Crippen molar-refractivity contribution in [2.45, 2.75) is 31.7 Å². The third-order valence-corrected chi connectivity index (χ3v) is 2.99. The lowest BCUT2D eigenvalue weighted by atomic mass is 10.1. The Labute approximate surface area is 98.4 Å². The summed E-state index contributed by atoms with van der Waals surface area (Å²) in [7, 11) is 0. The molecular formula is C11H17F2NOS. The Kier molecular flexibility index (Phi) is 6.52. The summed E-state index contributed by atoms with van der Waals surface area (Å²) in [4.78, 5) is 0. The highest BCUT2D eigenvalue weighted by atomic mass is 32.1. The molecule has 2 nitrogen and oxygen atoms in total. The van der Waals surface area contributed by atoms with E-state index in [9.17, 15) is 8.78 Å². The van der Waals surface area contributed by atoms with Gasteiger partial charge in [-0.2, -0.15) is 11.3 Å². The smallest absolute Gasteiger partial charge is 0.261 e. The summed E-state index contributed by atoms with van der Waals surface area (Å²) in [5.74, 6) is 0. The van der Waals surface area contributed by atoms with Gasteiger partial charge in [0.2, 0.25) is 0 Å². The molecule has 0 radical (unpaired) electrons. The quantitative estimate of drug-likeness (QED) is 0.719. The van der Waals surface area contributed by atoms with Gasteiger partial charge in [0, 0.05) is 12.6 Å². The van der Waals surface area contributed by atoms with Gasteiger partial charge in [0.25, 0.3) is 6.43 Å². The SMILES string of the molecule is NC(CCOCC(F)F)CCc1ccsc1. The molecule has 1 atom stereocenters. The summed E-state index contributed by atoms with van der Waals surface area (Å²) in [6.07, 6.45) is 0.0625. The fourth-order valence-electron chi connectivity index (χ4n) is 1.34. The van der Waals surface area contributed by atoms with E-state index in [0.29, 0.717) is 13.0 Å². The average Bonchev–Trinajstić information content (AvgIpc) is 2.74. The van der Waals surface area contributed by atoms with Crippen LogP contribution in [0.2, 0.25) is 0 Å². The van der Waals surface area contributed by atoms with Gasteiger partial charge in [0.15, 0.2) is 0 Å². The van der Waals surface area contributed by atoms with E-state index in [4.69, 9.17) is 10.5 Å². The van der Waals surface area contributed by atoms with Crippen molar-refractivity contribution in [2.24, 2.45) is 5.73 Å². The molecule has 0 spiro atoms. The highest BCUT2D eigenvalue weighted by Gasteiger charge is 2.05. The largest absolute Gasteiger partial charge is 0.375 e. The summed E-state index contributed by atoms with van der Waals surface area (Å²) < 4.78 is 28.3. The fourth-order valence-corrected chi connectivity index (χ4v) is 2.04. The Bertz CT molecular complexity index is 267. The summed E-state index contributed by atoms with van der Waals surface area (Å²) in [5.41, 5.74) is 7.13. The molecule has 2 N–H and O–H groups in total. The third-order valence-electron chi connectivity index (χ3n) is 2.26. The lowest BCUT2D eigenvalue weighted by Crippen LogP contribution is -2.23. The van der Waals surface area contributed by atoms with Crippen molar-refractivity contribution in [2.75, 3.05) is 13.2 Å². The lowest BCUT2D eigenvalue weighted by molar-refractivity contribution is 0.0151. The normalized spacial score (nSPS) is 13.2. The maximum atomic E-state index is 11.7. The first-order valence-corrected chi connectivity index (χ1v) is 6.25. The number of halogens is 2. The monoisotopic (exact) mass is 249 g/mol. The molecule has 1 aromatic rings. The molecule has 0 bridgehead atoms. The Morgan fingerprint density at radius 2 is 2.19 bits per heavy atom. The molecule has 0 saturated carbocycles. The molecule has 1 heterocycles. The zero-order chi connectivity index (χ0) is 11.8. The van der Waals surface area contributed by atoms with Crippen LogP contribution in [0.4, 0.5) is 8.78 Å². The van der Waals surface area contributed by atoms with Crippen LogP contribution < -0.4 is 5.73 Å². The minimum atomic E-state index is -2.39. The van der Waals surface area contributed by atoms with Gasteiger partial charge in [-0.1, -0.05) is 0 Å². The van der Waals surface area contributed by atoms with Crippen molar-refractivity contribution >= 4 is 11.3 Å². The lowest BCUT2D eigenvalue weighted by Gasteiger charge is -2.11. The van der Waals surface area contributed by atoms with Crippen molar-refractivity contribution in [3.63, 3.8) is 0 Å². The van der Waals surface area contributed by atoms with Gasteiger partial charge in [-0.05, 0) is 41.7 Å². The Morgan fingerprint density at radius 1 is 1.38 bits per heavy atom. The predicted molar refractivity (Wildman–Crippen MR) is 62.1 cm³/mol. The maximum absolute atomic E-state index is 11.7. The number of alkyl halides is 2. The summed E-state index contributed by atoms with van der Waals surface area (Å²) in [6.45, 7) is -0.174. The molecular weight excluding hydrogens is 232 g/mol. The van der Waals surface area contributed by atoms with Gasteiger partial charge in [-0.15, -0.1) is 0 Å². The van der Waals surface area contributed by atoms with Gasteiger partial charge in [0.05, 0.1) is 0 Å². The molecule has 0 aromatic carbocycles. The molecule has 0 aliphatic heterocycles. The van der Waals surface area contributed by atoms with E-state index in [-0.39, 0.29) is 6.04 Å². The Morgan fingerprint density at radius 3 is 2.81 bits per heavy atom. The number of hydrogen-bond donors (Lipinski definition) is 1. The zero-order valence-electron chi connectivity index (χ0n) is 9.07. The number of aryl methyl sites for hydroxylation is 1. The standard InChI is InChI=1S/C11H17F2NOS/c12-11(13)7-15-5-3-10(14)2-1-9-4-6-16-8-9/h4,6,8,10-11H,1-3,5,7,14H2. The minimum absolute atomic E-state index is 0.0255. The van der Waals surface area contributed by atoms with E-state index >= 15 is 0 Å². The molecule has 1 rings (SSSR count). The van der Waals surface area contributed by atoms with Crippen LogP contribution in [-0.4, -0.2) is 25.7 Å². The van der Waals surface area contributed by atoms with Gasteiger partial charge >= 0.3 is 0 Å². The summed E-state index contributed by atoms with van der Waals surface area (Å²) in [6, 6.07) is 2.10. The number of nitrogens with two attached hydrogens (primary N) is 1. The van der Waals surface area contributed by atoms with Crippen LogP contribution in [-0.2, 0) is 11.2 Å². The molecule has 0 aliphatic rings. The predicted octanol–water partition coefficient (Wildman–Crippen LogP) is 2.68. The van der Waals surface area contributed by atoms with Gasteiger partial charge in [-0.3, -0.25) is 0 Å². The maximum Gasteiger partial charge on any atom is 0.261 e. The number of rotatable bonds is 8. The first-order chi connectivity index (χ1) is 7.68. The Hall–Kier alpha value is -0.520. The second-order valence-corrected chi connectivity index (χ2v) is 4.47. The summed E-state index contributed by atoms with van der Waals surface area (Å²) in [5, 5.41) is 4.13. The van der Waals surface area contributed by atoms with Crippen LogP contribution in [0.1, 0.15) is 18.4 Å². The van der Waals surface area contributed by atoms with Crippen LogP contribution in [0, 0.1) is 0 Å². The van der Waals surface area contributed by atoms with Gasteiger partial charge < -0.3 is 10.5 Å². The van der Waals surface area contributed by atoms with E-state index in [1.807, 2.05) is 5.38 Å². The number of ether oxygens (including phenoxy) is 1. The van der Waals surface area contributed by atoms with Crippen LogP contribution in [0.15, 0.2) is 16.8 Å². The van der Waals surface area contributed by atoms with E-state index in [1.165, 1.54) is 5.56 Å². The van der Waals surface area contributed by atoms with Gasteiger partial charge in [-0.25, -0.2) is 8.78 Å². The second kappa shape index (κ2) is 7.70. The van der Waals surface area contributed by atoms with E-state index in [0.717, 1.165) is 12.8 Å². The number of thiophene rings is 1. The van der Waals surface area contributed by atoms with Crippen molar-refractivity contribution in [3.8, 4) is 0 Å². The van der Waals surface area contributed by atoms with Crippen LogP contribution in [0.5, 0.6) is 0 Å². The molecule has 0 fully saturated rings. The molecule has 92 valence electrons. The van der Waals surface area contributed by atoms with E-state index in [1.54, 1.807) is 11.3 Å². The van der Waals surface area contributed by atoms with E-state index in [2.05, 4.69) is 11.4 Å². The molecule has 1 unspecified atom stereocenters. The molecule has 16 heavy (non-hydrogen) atoms. The van der Waals surface area contributed by atoms with Crippen molar-refractivity contribution in [1.29, 1.82) is 0 Å². The van der Waals surface area contributed by atoms with Crippen molar-refractivity contribution in [1.82, 2.24) is 0 Å². The van der Waals surface area contributed by atoms with Crippen LogP contribution >= 0.6 is 11.3 Å². The van der Waals surface area contributed by atoms with E-state index < -0.39 is 13.0 Å². The third kappa shape index (κ3) is 6.15. The minimum Gasteiger partial charge on any atom is -0.375 e. The zero-order valence-corrected chi connectivity index (χ0v) is 9.89.